The summed E-state index contributed by atoms with van der Waals surface area (Å²) in [5.74, 6) is -0.391. The smallest absolute Gasteiger partial charge is 0.308 e. The van der Waals surface area contributed by atoms with Crippen molar-refractivity contribution in [1.29, 1.82) is 0 Å². The van der Waals surface area contributed by atoms with Gasteiger partial charge in [-0.05, 0) is 12.5 Å². The third kappa shape index (κ3) is 3.57. The van der Waals surface area contributed by atoms with E-state index in [9.17, 15) is 9.90 Å². The van der Waals surface area contributed by atoms with E-state index in [4.69, 9.17) is 0 Å². The van der Waals surface area contributed by atoms with E-state index in [2.05, 4.69) is 9.84 Å². The van der Waals surface area contributed by atoms with Gasteiger partial charge < -0.3 is 9.84 Å². The number of methoxy groups -OCH3 is 1. The molecule has 1 N–H and O–H groups in total. The average Bonchev–Trinajstić information content (AvgIpc) is 2.67. The van der Waals surface area contributed by atoms with E-state index < -0.39 is 12.1 Å². The molecule has 5 nitrogen and oxygen atoms in total. The van der Waals surface area contributed by atoms with Crippen LogP contribution in [-0.2, 0) is 16.1 Å². The fourth-order valence-corrected chi connectivity index (χ4v) is 1.09. The largest absolute Gasteiger partial charge is 0.469 e. The number of carbonyl (C=O) groups is 1. The van der Waals surface area contributed by atoms with Crippen molar-refractivity contribution in [3.63, 3.8) is 0 Å². The highest BCUT2D eigenvalue weighted by molar-refractivity contribution is 5.69. The Morgan fingerprint density at radius 2 is 2.50 bits per heavy atom. The second-order valence-corrected chi connectivity index (χ2v) is 2.99. The van der Waals surface area contributed by atoms with Gasteiger partial charge in [-0.2, -0.15) is 5.10 Å². The lowest BCUT2D eigenvalue weighted by molar-refractivity contribution is -0.142. The zero-order chi connectivity index (χ0) is 10.4. The predicted octanol–water partition coefficient (Wildman–Crippen LogP) is 0.197. The number of esters is 1. The van der Waals surface area contributed by atoms with E-state index in [0.717, 1.165) is 0 Å². The molecule has 0 aliphatic carbocycles. The molecule has 1 aromatic heterocycles. The quantitative estimate of drug-likeness (QED) is 0.686. The van der Waals surface area contributed by atoms with Gasteiger partial charge >= 0.3 is 5.97 Å². The third-order valence-electron chi connectivity index (χ3n) is 1.88. The van der Waals surface area contributed by atoms with Crippen molar-refractivity contribution < 1.29 is 14.6 Å². The van der Waals surface area contributed by atoms with Crippen LogP contribution in [0.1, 0.15) is 12.8 Å². The van der Waals surface area contributed by atoms with Gasteiger partial charge in [-0.15, -0.1) is 0 Å². The molecule has 0 saturated carbocycles. The summed E-state index contributed by atoms with van der Waals surface area (Å²) in [7, 11) is 1.31. The lowest BCUT2D eigenvalue weighted by atomic mass is 10.2. The fraction of sp³-hybridized carbons (Fsp3) is 0.556. The number of hydrogen-bond acceptors (Lipinski definition) is 4. The average molecular weight is 198 g/mol. The van der Waals surface area contributed by atoms with Gasteiger partial charge in [0.15, 0.2) is 0 Å². The van der Waals surface area contributed by atoms with Gasteiger partial charge in [0.2, 0.25) is 0 Å². The monoisotopic (exact) mass is 198 g/mol. The maximum absolute atomic E-state index is 10.8. The highest BCUT2D eigenvalue weighted by atomic mass is 16.5. The summed E-state index contributed by atoms with van der Waals surface area (Å²) in [6.45, 7) is 0.602. The number of hydrogen-bond donors (Lipinski definition) is 1. The number of aryl methyl sites for hydroxylation is 1. The van der Waals surface area contributed by atoms with E-state index in [1.807, 2.05) is 12.3 Å². The van der Waals surface area contributed by atoms with Crippen molar-refractivity contribution in [2.24, 2.45) is 0 Å². The van der Waals surface area contributed by atoms with Crippen LogP contribution in [0, 0.1) is 0 Å². The molecule has 78 valence electrons. The maximum atomic E-state index is 10.8. The van der Waals surface area contributed by atoms with Gasteiger partial charge in [0, 0.05) is 18.9 Å². The Labute approximate surface area is 82.3 Å². The maximum Gasteiger partial charge on any atom is 0.308 e. The first-order valence-electron chi connectivity index (χ1n) is 4.44. The summed E-state index contributed by atoms with van der Waals surface area (Å²) < 4.78 is 6.15. The van der Waals surface area contributed by atoms with E-state index in [1.165, 1.54) is 7.11 Å². The van der Waals surface area contributed by atoms with Crippen molar-refractivity contribution in [3.8, 4) is 0 Å². The molecule has 0 aromatic carbocycles. The number of rotatable bonds is 5. The van der Waals surface area contributed by atoms with Gasteiger partial charge in [0.1, 0.15) is 0 Å². The molecule has 1 rings (SSSR count). The molecule has 0 fully saturated rings. The molecule has 0 amide bonds. The second-order valence-electron chi connectivity index (χ2n) is 2.99. The molecule has 1 atom stereocenters. The minimum atomic E-state index is -0.661. The predicted molar refractivity (Wildman–Crippen MR) is 49.5 cm³/mol. The van der Waals surface area contributed by atoms with Gasteiger partial charge in [-0.25, -0.2) is 0 Å². The molecule has 0 aliphatic heterocycles. The van der Waals surface area contributed by atoms with Crippen molar-refractivity contribution in [3.05, 3.63) is 18.5 Å². The highest BCUT2D eigenvalue weighted by Crippen LogP contribution is 2.01. The first kappa shape index (κ1) is 10.7. The van der Waals surface area contributed by atoms with Gasteiger partial charge in [-0.1, -0.05) is 0 Å². The number of ether oxygens (including phenoxy) is 1. The van der Waals surface area contributed by atoms with Crippen LogP contribution in [0.25, 0.3) is 0 Å². The van der Waals surface area contributed by atoms with Crippen LogP contribution in [0.3, 0.4) is 0 Å². The summed E-state index contributed by atoms with van der Waals surface area (Å²) in [5, 5.41) is 13.4. The Kier molecular flexibility index (Phi) is 4.12. The number of aliphatic hydroxyl groups excluding tert-OH is 1. The SMILES string of the molecule is COC(=O)C[C@@H](O)CCn1cccn1. The van der Waals surface area contributed by atoms with Crippen molar-refractivity contribution in [2.45, 2.75) is 25.5 Å². The first-order valence-corrected chi connectivity index (χ1v) is 4.44. The van der Waals surface area contributed by atoms with E-state index in [1.54, 1.807) is 10.9 Å². The lowest BCUT2D eigenvalue weighted by Crippen LogP contribution is -2.17. The number of nitrogens with zero attached hydrogens (tertiary/aromatic N) is 2. The topological polar surface area (TPSA) is 64.3 Å². The molecule has 1 heterocycles. The molecular weight excluding hydrogens is 184 g/mol. The molecule has 0 aliphatic rings. The third-order valence-corrected chi connectivity index (χ3v) is 1.88. The number of aromatic nitrogens is 2. The summed E-state index contributed by atoms with van der Waals surface area (Å²) in [4.78, 5) is 10.8. The summed E-state index contributed by atoms with van der Waals surface area (Å²) in [6, 6.07) is 1.81. The van der Waals surface area contributed by atoms with Gasteiger partial charge in [0.05, 0.1) is 19.6 Å². The number of aliphatic hydroxyl groups is 1. The molecule has 0 unspecified atom stereocenters. The van der Waals surface area contributed by atoms with Crippen molar-refractivity contribution >= 4 is 5.97 Å². The van der Waals surface area contributed by atoms with E-state index in [0.29, 0.717) is 13.0 Å². The lowest BCUT2D eigenvalue weighted by Gasteiger charge is -2.08. The minimum absolute atomic E-state index is 0.0395. The zero-order valence-corrected chi connectivity index (χ0v) is 8.09. The Balaban J connectivity index is 2.21. The molecular formula is C9H14N2O3. The Morgan fingerprint density at radius 1 is 1.71 bits per heavy atom. The highest BCUT2D eigenvalue weighted by Gasteiger charge is 2.10. The molecule has 5 heteroatoms. The number of carbonyl (C=O) groups excluding carboxylic acids is 1. The molecule has 1 aromatic rings. The molecule has 0 saturated heterocycles. The van der Waals surface area contributed by atoms with E-state index in [-0.39, 0.29) is 6.42 Å². The van der Waals surface area contributed by atoms with Crippen molar-refractivity contribution in [1.82, 2.24) is 9.78 Å². The summed E-state index contributed by atoms with van der Waals surface area (Å²) in [6.07, 6.45) is 3.36. The summed E-state index contributed by atoms with van der Waals surface area (Å²) >= 11 is 0. The Bertz CT molecular complexity index is 272. The van der Waals surface area contributed by atoms with Crippen LogP contribution < -0.4 is 0 Å². The fourth-order valence-electron chi connectivity index (χ4n) is 1.09. The van der Waals surface area contributed by atoms with Crippen LogP contribution in [0.5, 0.6) is 0 Å². The molecule has 0 radical (unpaired) electrons. The van der Waals surface area contributed by atoms with Crippen LogP contribution in [0.15, 0.2) is 18.5 Å². The normalized spacial score (nSPS) is 12.4. The Hall–Kier alpha value is -1.36. The second kappa shape index (κ2) is 5.39. The minimum Gasteiger partial charge on any atom is -0.469 e. The Morgan fingerprint density at radius 3 is 3.07 bits per heavy atom. The van der Waals surface area contributed by atoms with Crippen LogP contribution in [0.4, 0.5) is 0 Å². The van der Waals surface area contributed by atoms with E-state index >= 15 is 0 Å². The van der Waals surface area contributed by atoms with Crippen LogP contribution in [-0.4, -0.2) is 34.1 Å². The van der Waals surface area contributed by atoms with Crippen LogP contribution >= 0.6 is 0 Å². The first-order chi connectivity index (χ1) is 6.72. The summed E-state index contributed by atoms with van der Waals surface area (Å²) in [5.41, 5.74) is 0. The van der Waals surface area contributed by atoms with Gasteiger partial charge in [0.25, 0.3) is 0 Å². The van der Waals surface area contributed by atoms with Crippen molar-refractivity contribution in [2.75, 3.05) is 7.11 Å². The van der Waals surface area contributed by atoms with Crippen LogP contribution in [0.2, 0.25) is 0 Å². The molecule has 0 bridgehead atoms. The standard InChI is InChI=1S/C9H14N2O3/c1-14-9(13)7-8(12)3-6-11-5-2-4-10-11/h2,4-5,8,12H,3,6-7H2,1H3/t8-/m0/s1. The molecule has 14 heavy (non-hydrogen) atoms. The zero-order valence-electron chi connectivity index (χ0n) is 8.09. The van der Waals surface area contributed by atoms with Gasteiger partial charge in [-0.3, -0.25) is 9.48 Å². The molecule has 0 spiro atoms.